The Morgan fingerprint density at radius 2 is 2.00 bits per heavy atom. The van der Waals surface area contributed by atoms with Crippen molar-refractivity contribution in [2.45, 2.75) is 18.9 Å². The normalized spacial score (nSPS) is 12.7. The average molecular weight is 251 g/mol. The third-order valence-electron chi connectivity index (χ3n) is 2.87. The van der Waals surface area contributed by atoms with Gasteiger partial charge in [-0.2, -0.15) is 5.10 Å². The first kappa shape index (κ1) is 12.7. The van der Waals surface area contributed by atoms with Gasteiger partial charge in [-0.25, -0.2) is 8.78 Å². The first-order chi connectivity index (χ1) is 8.58. The molecule has 0 radical (unpaired) electrons. The molecule has 0 fully saturated rings. The molecule has 0 amide bonds. The van der Waals surface area contributed by atoms with E-state index in [0.717, 1.165) is 5.56 Å². The van der Waals surface area contributed by atoms with E-state index < -0.39 is 17.7 Å². The van der Waals surface area contributed by atoms with Crippen molar-refractivity contribution in [3.8, 4) is 0 Å². The van der Waals surface area contributed by atoms with Crippen LogP contribution in [0.1, 0.15) is 23.6 Å². The van der Waals surface area contributed by atoms with Crippen molar-refractivity contribution in [2.24, 2.45) is 12.8 Å². The quantitative estimate of drug-likeness (QED) is 0.906. The second kappa shape index (κ2) is 5.27. The summed E-state index contributed by atoms with van der Waals surface area (Å²) in [6, 6.07) is 3.14. The Hall–Kier alpha value is -1.75. The number of aryl methyl sites for hydroxylation is 2. The maximum atomic E-state index is 13.5. The van der Waals surface area contributed by atoms with Gasteiger partial charge in [-0.3, -0.25) is 4.68 Å². The predicted octanol–water partition coefficient (Wildman–Crippen LogP) is 2.33. The van der Waals surface area contributed by atoms with Crippen LogP contribution >= 0.6 is 0 Å². The fraction of sp³-hybridized carbons (Fsp3) is 0.308. The molecule has 18 heavy (non-hydrogen) atoms. The number of aromatic nitrogens is 2. The first-order valence-corrected chi connectivity index (χ1v) is 5.75. The van der Waals surface area contributed by atoms with Crippen LogP contribution in [0.5, 0.6) is 0 Å². The van der Waals surface area contributed by atoms with Crippen molar-refractivity contribution < 1.29 is 8.78 Å². The minimum Gasteiger partial charge on any atom is -0.324 e. The lowest BCUT2D eigenvalue weighted by Gasteiger charge is -2.13. The molecule has 1 atom stereocenters. The zero-order chi connectivity index (χ0) is 13.1. The summed E-state index contributed by atoms with van der Waals surface area (Å²) in [5, 5.41) is 4.03. The molecule has 0 saturated heterocycles. The highest BCUT2D eigenvalue weighted by atomic mass is 19.1. The molecule has 0 spiro atoms. The molecule has 1 heterocycles. The van der Waals surface area contributed by atoms with Gasteiger partial charge in [0.1, 0.15) is 11.6 Å². The summed E-state index contributed by atoms with van der Waals surface area (Å²) >= 11 is 0. The number of benzene rings is 1. The zero-order valence-electron chi connectivity index (χ0n) is 10.1. The third kappa shape index (κ3) is 2.73. The summed E-state index contributed by atoms with van der Waals surface area (Å²) in [5.74, 6) is -1.18. The molecule has 0 aliphatic rings. The van der Waals surface area contributed by atoms with E-state index in [1.54, 1.807) is 10.9 Å². The molecule has 0 aliphatic carbocycles. The minimum absolute atomic E-state index is 0.0404. The average Bonchev–Trinajstić information content (AvgIpc) is 2.72. The molecule has 1 unspecified atom stereocenters. The van der Waals surface area contributed by atoms with E-state index in [4.69, 9.17) is 5.73 Å². The van der Waals surface area contributed by atoms with Crippen LogP contribution in [0.2, 0.25) is 0 Å². The van der Waals surface area contributed by atoms with Crippen LogP contribution < -0.4 is 5.73 Å². The summed E-state index contributed by atoms with van der Waals surface area (Å²) < 4.78 is 28.7. The molecule has 0 aliphatic heterocycles. The maximum Gasteiger partial charge on any atom is 0.130 e. The largest absolute Gasteiger partial charge is 0.324 e. The van der Waals surface area contributed by atoms with E-state index in [-0.39, 0.29) is 5.56 Å². The molecule has 96 valence electrons. The van der Waals surface area contributed by atoms with Crippen LogP contribution in [0.3, 0.4) is 0 Å². The number of nitrogens with zero attached hydrogens (tertiary/aromatic N) is 2. The van der Waals surface area contributed by atoms with Crippen molar-refractivity contribution in [3.05, 3.63) is 53.4 Å². The number of halogens is 2. The fourth-order valence-corrected chi connectivity index (χ4v) is 1.93. The van der Waals surface area contributed by atoms with Crippen LogP contribution in [-0.2, 0) is 13.5 Å². The molecular weight excluding hydrogens is 236 g/mol. The minimum atomic E-state index is -0.647. The fourth-order valence-electron chi connectivity index (χ4n) is 1.93. The molecule has 2 rings (SSSR count). The molecular formula is C13H15F2N3. The zero-order valence-corrected chi connectivity index (χ0v) is 10.1. The molecule has 5 heteroatoms. The van der Waals surface area contributed by atoms with Gasteiger partial charge in [0.25, 0.3) is 0 Å². The number of nitrogens with two attached hydrogens (primary N) is 1. The summed E-state index contributed by atoms with van der Waals surface area (Å²) in [7, 11) is 1.82. The number of rotatable bonds is 4. The van der Waals surface area contributed by atoms with Gasteiger partial charge < -0.3 is 5.73 Å². The standard InChI is InChI=1S/C13H15F2N3/c1-18-8-9(7-17-18)5-6-12(16)13-10(14)3-2-4-11(13)15/h2-4,7-8,12H,5-6,16H2,1H3. The number of hydrogen-bond donors (Lipinski definition) is 1. The van der Waals surface area contributed by atoms with Crippen molar-refractivity contribution in [3.63, 3.8) is 0 Å². The summed E-state index contributed by atoms with van der Waals surface area (Å²) in [4.78, 5) is 0. The Labute approximate surface area is 104 Å². The predicted molar refractivity (Wildman–Crippen MR) is 64.8 cm³/mol. The van der Waals surface area contributed by atoms with Crippen molar-refractivity contribution in [1.82, 2.24) is 9.78 Å². The highest BCUT2D eigenvalue weighted by Gasteiger charge is 2.16. The monoisotopic (exact) mass is 251 g/mol. The van der Waals surface area contributed by atoms with Crippen LogP contribution in [0.25, 0.3) is 0 Å². The smallest absolute Gasteiger partial charge is 0.130 e. The molecule has 1 aromatic carbocycles. The van der Waals surface area contributed by atoms with Gasteiger partial charge in [0, 0.05) is 24.8 Å². The molecule has 1 aromatic heterocycles. The van der Waals surface area contributed by atoms with Crippen molar-refractivity contribution >= 4 is 0 Å². The molecule has 0 bridgehead atoms. The van der Waals surface area contributed by atoms with Gasteiger partial charge >= 0.3 is 0 Å². The van der Waals surface area contributed by atoms with Crippen molar-refractivity contribution in [1.29, 1.82) is 0 Å². The van der Waals surface area contributed by atoms with Crippen LogP contribution in [0, 0.1) is 11.6 Å². The second-order valence-electron chi connectivity index (χ2n) is 4.30. The van der Waals surface area contributed by atoms with E-state index in [1.165, 1.54) is 18.2 Å². The van der Waals surface area contributed by atoms with E-state index >= 15 is 0 Å². The lowest BCUT2D eigenvalue weighted by atomic mass is 10.00. The van der Waals surface area contributed by atoms with E-state index in [9.17, 15) is 8.78 Å². The molecule has 2 N–H and O–H groups in total. The first-order valence-electron chi connectivity index (χ1n) is 5.75. The van der Waals surface area contributed by atoms with Crippen LogP contribution in [-0.4, -0.2) is 9.78 Å². The van der Waals surface area contributed by atoms with Crippen LogP contribution in [0.15, 0.2) is 30.6 Å². The Kier molecular flexibility index (Phi) is 3.72. The Bertz CT molecular complexity index is 517. The Morgan fingerprint density at radius 3 is 2.56 bits per heavy atom. The van der Waals surface area contributed by atoms with Gasteiger partial charge in [-0.05, 0) is 30.5 Å². The SMILES string of the molecule is Cn1cc(CCC(N)c2c(F)cccc2F)cn1. The van der Waals surface area contributed by atoms with E-state index in [2.05, 4.69) is 5.10 Å². The highest BCUT2D eigenvalue weighted by molar-refractivity contribution is 5.23. The second-order valence-corrected chi connectivity index (χ2v) is 4.30. The van der Waals surface area contributed by atoms with Gasteiger partial charge in [0.05, 0.1) is 6.20 Å². The lowest BCUT2D eigenvalue weighted by Crippen LogP contribution is -2.15. The lowest BCUT2D eigenvalue weighted by molar-refractivity contribution is 0.512. The van der Waals surface area contributed by atoms with Crippen LogP contribution in [0.4, 0.5) is 8.78 Å². The Balaban J connectivity index is 2.06. The summed E-state index contributed by atoms with van der Waals surface area (Å²) in [5.41, 5.74) is 6.81. The summed E-state index contributed by atoms with van der Waals surface area (Å²) in [6.07, 6.45) is 4.71. The highest BCUT2D eigenvalue weighted by Crippen LogP contribution is 2.22. The Morgan fingerprint density at radius 1 is 1.33 bits per heavy atom. The van der Waals surface area contributed by atoms with Crippen molar-refractivity contribution in [2.75, 3.05) is 0 Å². The third-order valence-corrected chi connectivity index (χ3v) is 2.87. The summed E-state index contributed by atoms with van der Waals surface area (Å²) in [6.45, 7) is 0. The topological polar surface area (TPSA) is 43.8 Å². The van der Waals surface area contributed by atoms with Gasteiger partial charge in [0.2, 0.25) is 0 Å². The van der Waals surface area contributed by atoms with E-state index in [1.807, 2.05) is 13.2 Å². The molecule has 3 nitrogen and oxygen atoms in total. The molecule has 2 aromatic rings. The molecule has 0 saturated carbocycles. The maximum absolute atomic E-state index is 13.5. The number of hydrogen-bond acceptors (Lipinski definition) is 2. The van der Waals surface area contributed by atoms with E-state index in [0.29, 0.717) is 12.8 Å². The van der Waals surface area contributed by atoms with Gasteiger partial charge in [-0.1, -0.05) is 6.07 Å². The van der Waals surface area contributed by atoms with Gasteiger partial charge in [0.15, 0.2) is 0 Å². The van der Waals surface area contributed by atoms with Gasteiger partial charge in [-0.15, -0.1) is 0 Å².